The first-order valence-electron chi connectivity index (χ1n) is 7.92. The summed E-state index contributed by atoms with van der Waals surface area (Å²) in [4.78, 5) is 13.4. The highest BCUT2D eigenvalue weighted by Gasteiger charge is 2.30. The van der Waals surface area contributed by atoms with E-state index in [1.807, 2.05) is 6.07 Å². The van der Waals surface area contributed by atoms with E-state index in [9.17, 15) is 22.4 Å². The molecule has 1 aliphatic heterocycles. The Kier molecular flexibility index (Phi) is 6.02. The largest absolute Gasteiger partial charge is 0.389 e. The Labute approximate surface area is 133 Å². The first-order chi connectivity index (χ1) is 10.8. The van der Waals surface area contributed by atoms with Gasteiger partial charge in [0.2, 0.25) is 5.91 Å². The number of piperidine rings is 1. The molecule has 1 aromatic carbocycles. The molecule has 0 radical (unpaired) electrons. The molecule has 6 heteroatoms. The average Bonchev–Trinajstić information content (AvgIpc) is 2.50. The maximum Gasteiger partial charge on any atom is 0.389 e. The number of nitrogens with zero attached hydrogens (tertiary/aromatic N) is 1. The van der Waals surface area contributed by atoms with Crippen LogP contribution in [0.25, 0.3) is 0 Å². The van der Waals surface area contributed by atoms with Crippen molar-refractivity contribution in [2.24, 2.45) is 5.92 Å². The minimum absolute atomic E-state index is 0.266. The van der Waals surface area contributed by atoms with E-state index in [2.05, 4.69) is 0 Å². The zero-order valence-electron chi connectivity index (χ0n) is 12.9. The van der Waals surface area contributed by atoms with Crippen LogP contribution in [0.15, 0.2) is 24.3 Å². The lowest BCUT2D eigenvalue weighted by Gasteiger charge is -2.33. The van der Waals surface area contributed by atoms with Crippen molar-refractivity contribution in [3.63, 3.8) is 0 Å². The lowest BCUT2D eigenvalue weighted by atomic mass is 9.91. The third-order valence-electron chi connectivity index (χ3n) is 4.22. The van der Waals surface area contributed by atoms with Crippen LogP contribution in [0.1, 0.15) is 37.7 Å². The smallest absolute Gasteiger partial charge is 0.342 e. The molecule has 0 bridgehead atoms. The van der Waals surface area contributed by atoms with Gasteiger partial charge in [-0.05, 0) is 49.3 Å². The first-order valence-corrected chi connectivity index (χ1v) is 7.92. The summed E-state index contributed by atoms with van der Waals surface area (Å²) in [6.07, 6.45) is -2.53. The molecule has 128 valence electrons. The molecule has 2 nitrogen and oxygen atoms in total. The Morgan fingerprint density at radius 1 is 1.30 bits per heavy atom. The van der Waals surface area contributed by atoms with E-state index in [0.29, 0.717) is 19.5 Å². The van der Waals surface area contributed by atoms with E-state index in [4.69, 9.17) is 0 Å². The Bertz CT molecular complexity index is 530. The third kappa shape index (κ3) is 6.20. The Morgan fingerprint density at radius 3 is 2.78 bits per heavy atom. The van der Waals surface area contributed by atoms with Crippen LogP contribution in [0.5, 0.6) is 0 Å². The van der Waals surface area contributed by atoms with Gasteiger partial charge in [0.1, 0.15) is 5.82 Å². The molecule has 0 spiro atoms. The molecule has 23 heavy (non-hydrogen) atoms. The lowest BCUT2D eigenvalue weighted by Crippen LogP contribution is -2.40. The van der Waals surface area contributed by atoms with E-state index in [-0.39, 0.29) is 11.7 Å². The summed E-state index contributed by atoms with van der Waals surface area (Å²) < 4.78 is 49.7. The van der Waals surface area contributed by atoms with E-state index in [1.54, 1.807) is 11.0 Å². The molecule has 1 fully saturated rings. The van der Waals surface area contributed by atoms with Crippen molar-refractivity contribution in [3.05, 3.63) is 35.6 Å². The van der Waals surface area contributed by atoms with Crippen molar-refractivity contribution in [1.82, 2.24) is 4.90 Å². The zero-order valence-corrected chi connectivity index (χ0v) is 12.9. The Balaban J connectivity index is 1.80. The predicted molar refractivity (Wildman–Crippen MR) is 79.3 cm³/mol. The van der Waals surface area contributed by atoms with Crippen molar-refractivity contribution in [3.8, 4) is 0 Å². The van der Waals surface area contributed by atoms with Crippen LogP contribution in [0.2, 0.25) is 0 Å². The first kappa shape index (κ1) is 17.8. The fourth-order valence-corrected chi connectivity index (χ4v) is 3.00. The number of halogens is 4. The summed E-state index contributed by atoms with van der Waals surface area (Å²) >= 11 is 0. The predicted octanol–water partition coefficient (Wildman–Crippen LogP) is 4.34. The number of benzene rings is 1. The van der Waals surface area contributed by atoms with Gasteiger partial charge in [-0.15, -0.1) is 0 Å². The van der Waals surface area contributed by atoms with Crippen molar-refractivity contribution < 1.29 is 22.4 Å². The number of carbonyl (C=O) groups excluding carboxylic acids is 1. The number of carbonyl (C=O) groups is 1. The van der Waals surface area contributed by atoms with Gasteiger partial charge in [-0.3, -0.25) is 4.79 Å². The Morgan fingerprint density at radius 2 is 2.09 bits per heavy atom. The summed E-state index contributed by atoms with van der Waals surface area (Å²) in [5.41, 5.74) is 0.908. The van der Waals surface area contributed by atoms with Gasteiger partial charge in [0.25, 0.3) is 0 Å². The summed E-state index contributed by atoms with van der Waals surface area (Å²) in [6, 6.07) is 6.41. The lowest BCUT2D eigenvalue weighted by molar-refractivity contribution is -0.150. The molecule has 1 aromatic rings. The Hall–Kier alpha value is -1.59. The van der Waals surface area contributed by atoms with E-state index in [1.165, 1.54) is 12.1 Å². The molecule has 0 aromatic heterocycles. The van der Waals surface area contributed by atoms with Gasteiger partial charge >= 0.3 is 6.18 Å². The van der Waals surface area contributed by atoms with Gasteiger partial charge in [0, 0.05) is 19.5 Å². The van der Waals surface area contributed by atoms with Crippen LogP contribution in [0.3, 0.4) is 0 Å². The molecule has 1 amide bonds. The van der Waals surface area contributed by atoms with Crippen LogP contribution in [-0.2, 0) is 11.2 Å². The molecule has 0 aliphatic carbocycles. The minimum Gasteiger partial charge on any atom is -0.342 e. The summed E-state index contributed by atoms with van der Waals surface area (Å²) in [7, 11) is 0. The van der Waals surface area contributed by atoms with Crippen molar-refractivity contribution in [1.29, 1.82) is 0 Å². The summed E-state index contributed by atoms with van der Waals surface area (Å²) in [6.45, 7) is 1.04. The molecule has 0 unspecified atom stereocenters. The van der Waals surface area contributed by atoms with Crippen LogP contribution >= 0.6 is 0 Å². The summed E-state index contributed by atoms with van der Waals surface area (Å²) in [5, 5.41) is 0. The van der Waals surface area contributed by atoms with Gasteiger partial charge in [-0.25, -0.2) is 4.39 Å². The van der Waals surface area contributed by atoms with E-state index >= 15 is 0 Å². The molecule has 2 rings (SSSR count). The quantitative estimate of drug-likeness (QED) is 0.735. The molecule has 0 N–H and O–H groups in total. The fourth-order valence-electron chi connectivity index (χ4n) is 3.00. The van der Waals surface area contributed by atoms with Gasteiger partial charge in [-0.2, -0.15) is 13.2 Å². The molecule has 0 saturated carbocycles. The SMILES string of the molecule is O=C(CCC(F)(F)F)N1CCC[C@@H](CCc2cccc(F)c2)C1. The van der Waals surface area contributed by atoms with E-state index < -0.39 is 24.9 Å². The normalized spacial score (nSPS) is 19.0. The topological polar surface area (TPSA) is 20.3 Å². The highest BCUT2D eigenvalue weighted by molar-refractivity contribution is 5.76. The third-order valence-corrected chi connectivity index (χ3v) is 4.22. The number of amides is 1. The zero-order chi connectivity index (χ0) is 16.9. The van der Waals surface area contributed by atoms with Crippen LogP contribution < -0.4 is 0 Å². The maximum atomic E-state index is 13.1. The number of likely N-dealkylation sites (tertiary alicyclic amines) is 1. The number of hydrogen-bond donors (Lipinski definition) is 0. The van der Waals surface area contributed by atoms with Crippen LogP contribution in [0.4, 0.5) is 17.6 Å². The molecule has 1 atom stereocenters. The molecular formula is C17H21F4NO. The van der Waals surface area contributed by atoms with Gasteiger partial charge in [-0.1, -0.05) is 12.1 Å². The van der Waals surface area contributed by atoms with Crippen molar-refractivity contribution in [2.75, 3.05) is 13.1 Å². The average molecular weight is 331 g/mol. The number of rotatable bonds is 5. The van der Waals surface area contributed by atoms with Gasteiger partial charge in [0.15, 0.2) is 0 Å². The monoisotopic (exact) mass is 331 g/mol. The molecular weight excluding hydrogens is 310 g/mol. The number of alkyl halides is 3. The van der Waals surface area contributed by atoms with Crippen LogP contribution in [0, 0.1) is 11.7 Å². The summed E-state index contributed by atoms with van der Waals surface area (Å²) in [5.74, 6) is -0.422. The number of aryl methyl sites for hydroxylation is 1. The second-order valence-corrected chi connectivity index (χ2v) is 6.13. The highest BCUT2D eigenvalue weighted by atomic mass is 19.4. The standard InChI is InChI=1S/C17H21F4NO/c18-15-5-1-3-13(11-15)6-7-14-4-2-10-22(12-14)16(23)8-9-17(19,20)21/h1,3,5,11,14H,2,4,6-10,12H2/t14-/m0/s1. The fraction of sp³-hybridized carbons (Fsp3) is 0.588. The minimum atomic E-state index is -4.29. The van der Waals surface area contributed by atoms with E-state index in [0.717, 1.165) is 24.8 Å². The molecule has 1 heterocycles. The molecule has 1 aliphatic rings. The van der Waals surface area contributed by atoms with Crippen LogP contribution in [-0.4, -0.2) is 30.1 Å². The van der Waals surface area contributed by atoms with Gasteiger partial charge < -0.3 is 4.90 Å². The van der Waals surface area contributed by atoms with Crippen molar-refractivity contribution in [2.45, 2.75) is 44.7 Å². The highest BCUT2D eigenvalue weighted by Crippen LogP contribution is 2.25. The number of hydrogen-bond acceptors (Lipinski definition) is 1. The second-order valence-electron chi connectivity index (χ2n) is 6.13. The molecule has 1 saturated heterocycles. The van der Waals surface area contributed by atoms with Crippen molar-refractivity contribution >= 4 is 5.91 Å². The maximum absolute atomic E-state index is 13.1. The second kappa shape index (κ2) is 7.79. The van der Waals surface area contributed by atoms with Gasteiger partial charge in [0.05, 0.1) is 6.42 Å².